The van der Waals surface area contributed by atoms with Gasteiger partial charge in [-0.2, -0.15) is 0 Å². The van der Waals surface area contributed by atoms with Crippen molar-refractivity contribution in [1.82, 2.24) is 10.6 Å². The summed E-state index contributed by atoms with van der Waals surface area (Å²) in [7, 11) is 0. The predicted molar refractivity (Wildman–Crippen MR) is 32.6 cm³/mol. The van der Waals surface area contributed by atoms with Gasteiger partial charge in [0.1, 0.15) is 0 Å². The Hall–Kier alpha value is -0.160. The maximum Gasteiger partial charge on any atom is 0.211 e. The van der Waals surface area contributed by atoms with Crippen LogP contribution in [-0.4, -0.2) is 35.8 Å². The summed E-state index contributed by atoms with van der Waals surface area (Å²) in [6.07, 6.45) is -0.396. The van der Waals surface area contributed by atoms with E-state index >= 15 is 0 Å². The van der Waals surface area contributed by atoms with Crippen molar-refractivity contribution in [3.8, 4) is 0 Å². The number of rotatable bonds is 2. The first-order valence-corrected chi connectivity index (χ1v) is 3.12. The molecule has 0 spiro atoms. The zero-order chi connectivity index (χ0) is 6.69. The predicted octanol–water partition coefficient (Wildman–Crippen LogP) is -1.79. The monoisotopic (exact) mass is 132 g/mol. The van der Waals surface area contributed by atoms with Crippen LogP contribution in [0.1, 0.15) is 6.42 Å². The lowest BCUT2D eigenvalue weighted by Gasteiger charge is -2.11. The van der Waals surface area contributed by atoms with E-state index in [1.54, 1.807) is 0 Å². The Kier molecular flexibility index (Phi) is 2.41. The number of hydrogen-bond acceptors (Lipinski definition) is 4. The molecule has 9 heavy (non-hydrogen) atoms. The van der Waals surface area contributed by atoms with Crippen LogP contribution >= 0.6 is 0 Å². The molecule has 0 unspecified atom stereocenters. The van der Waals surface area contributed by atoms with E-state index in [1.807, 2.05) is 0 Å². The Bertz CT molecular complexity index is 81.0. The largest absolute Gasteiger partial charge is 0.356 e. The lowest BCUT2D eigenvalue weighted by atomic mass is 10.3. The van der Waals surface area contributed by atoms with Crippen LogP contribution in [0, 0.1) is 0 Å². The fourth-order valence-electron chi connectivity index (χ4n) is 1.01. The van der Waals surface area contributed by atoms with Crippen molar-refractivity contribution in [3.05, 3.63) is 0 Å². The van der Waals surface area contributed by atoms with Gasteiger partial charge in [-0.1, -0.05) is 0 Å². The van der Waals surface area contributed by atoms with E-state index in [9.17, 15) is 0 Å². The Morgan fingerprint density at radius 2 is 2.33 bits per heavy atom. The molecule has 1 aliphatic heterocycles. The fraction of sp³-hybridized carbons (Fsp3) is 1.00. The molecular weight excluding hydrogens is 120 g/mol. The molecule has 0 aromatic heterocycles. The first-order chi connectivity index (χ1) is 4.29. The van der Waals surface area contributed by atoms with Crippen molar-refractivity contribution < 1.29 is 10.2 Å². The second kappa shape index (κ2) is 3.12. The van der Waals surface area contributed by atoms with Gasteiger partial charge >= 0.3 is 0 Å². The normalized spacial score (nSPS) is 27.7. The average Bonchev–Trinajstić information content (AvgIpc) is 2.15. The molecule has 0 bridgehead atoms. The molecule has 1 heterocycles. The zero-order valence-corrected chi connectivity index (χ0v) is 5.17. The minimum absolute atomic E-state index is 0.227. The maximum atomic E-state index is 8.43. The first-order valence-electron chi connectivity index (χ1n) is 3.12. The van der Waals surface area contributed by atoms with Gasteiger partial charge in [-0.05, 0) is 13.0 Å². The van der Waals surface area contributed by atoms with E-state index in [1.165, 1.54) is 0 Å². The van der Waals surface area contributed by atoms with E-state index in [2.05, 4.69) is 10.6 Å². The molecule has 4 nitrogen and oxygen atoms in total. The van der Waals surface area contributed by atoms with E-state index in [4.69, 9.17) is 10.2 Å². The topological polar surface area (TPSA) is 64.5 Å². The zero-order valence-electron chi connectivity index (χ0n) is 5.17. The van der Waals surface area contributed by atoms with Crippen LogP contribution in [-0.2, 0) is 0 Å². The highest BCUT2D eigenvalue weighted by molar-refractivity contribution is 4.76. The fourth-order valence-corrected chi connectivity index (χ4v) is 1.01. The van der Waals surface area contributed by atoms with Gasteiger partial charge in [0.2, 0.25) is 6.41 Å². The summed E-state index contributed by atoms with van der Waals surface area (Å²) in [5, 5.41) is 22.5. The Morgan fingerprint density at radius 1 is 1.56 bits per heavy atom. The van der Waals surface area contributed by atoms with Crippen molar-refractivity contribution in [2.75, 3.05) is 13.1 Å². The second-order valence-corrected chi connectivity index (χ2v) is 2.23. The minimum Gasteiger partial charge on any atom is -0.356 e. The van der Waals surface area contributed by atoms with Gasteiger partial charge < -0.3 is 15.5 Å². The quantitative estimate of drug-likeness (QED) is 0.335. The Labute approximate surface area is 53.9 Å². The van der Waals surface area contributed by atoms with E-state index in [0.717, 1.165) is 19.5 Å². The highest BCUT2D eigenvalue weighted by atomic mass is 16.5. The van der Waals surface area contributed by atoms with E-state index in [0.29, 0.717) is 0 Å². The summed E-state index contributed by atoms with van der Waals surface area (Å²) in [5.74, 6) is 0. The smallest absolute Gasteiger partial charge is 0.211 e. The second-order valence-electron chi connectivity index (χ2n) is 2.23. The third-order valence-electron chi connectivity index (χ3n) is 1.45. The van der Waals surface area contributed by atoms with Crippen molar-refractivity contribution in [3.63, 3.8) is 0 Å². The molecule has 0 saturated carbocycles. The van der Waals surface area contributed by atoms with Crippen LogP contribution in [0.15, 0.2) is 0 Å². The molecule has 4 heteroatoms. The van der Waals surface area contributed by atoms with Gasteiger partial charge in [0.25, 0.3) is 0 Å². The maximum absolute atomic E-state index is 8.43. The average molecular weight is 132 g/mol. The van der Waals surface area contributed by atoms with Crippen molar-refractivity contribution in [2.24, 2.45) is 0 Å². The molecule has 1 fully saturated rings. The highest BCUT2D eigenvalue weighted by Gasteiger charge is 2.14. The molecule has 0 aliphatic carbocycles. The summed E-state index contributed by atoms with van der Waals surface area (Å²) in [4.78, 5) is 0. The SMILES string of the molecule is OC(O)N[C@@H]1CCNC1. The molecule has 1 rings (SSSR count). The van der Waals surface area contributed by atoms with Gasteiger partial charge in [0.05, 0.1) is 0 Å². The molecule has 0 amide bonds. The van der Waals surface area contributed by atoms with Gasteiger partial charge in [0, 0.05) is 12.6 Å². The molecule has 1 atom stereocenters. The lowest BCUT2D eigenvalue weighted by molar-refractivity contribution is -0.0720. The third kappa shape index (κ3) is 2.28. The number of aliphatic hydroxyl groups excluding tert-OH is 1. The summed E-state index contributed by atoms with van der Waals surface area (Å²) in [6.45, 7) is 1.79. The van der Waals surface area contributed by atoms with E-state index < -0.39 is 6.41 Å². The molecular formula is C5H12N2O2. The van der Waals surface area contributed by atoms with E-state index in [-0.39, 0.29) is 6.04 Å². The summed E-state index contributed by atoms with van der Waals surface area (Å²) in [6, 6.07) is 0.227. The van der Waals surface area contributed by atoms with Crippen molar-refractivity contribution in [2.45, 2.75) is 18.9 Å². The van der Waals surface area contributed by atoms with Gasteiger partial charge in [-0.3, -0.25) is 5.32 Å². The molecule has 54 valence electrons. The molecule has 4 N–H and O–H groups in total. The standard InChI is InChI=1S/C5H12N2O2/c8-5(9)7-4-1-2-6-3-4/h4-9H,1-3H2/t4-/m1/s1. The number of hydrogen-bond donors (Lipinski definition) is 4. The van der Waals surface area contributed by atoms with Crippen molar-refractivity contribution in [1.29, 1.82) is 0 Å². The number of aliphatic hydroxyl groups is 2. The first kappa shape index (κ1) is 6.95. The van der Waals surface area contributed by atoms with Crippen LogP contribution in [0.2, 0.25) is 0 Å². The highest BCUT2D eigenvalue weighted by Crippen LogP contribution is 1.96. The Balaban J connectivity index is 2.11. The van der Waals surface area contributed by atoms with Crippen molar-refractivity contribution >= 4 is 0 Å². The summed E-state index contributed by atoms with van der Waals surface area (Å²) < 4.78 is 0. The van der Waals surface area contributed by atoms with Gasteiger partial charge in [0.15, 0.2) is 0 Å². The van der Waals surface area contributed by atoms with Crippen LogP contribution < -0.4 is 10.6 Å². The molecule has 0 aromatic carbocycles. The molecule has 1 saturated heterocycles. The molecule has 1 aliphatic rings. The summed E-state index contributed by atoms with van der Waals surface area (Å²) in [5.41, 5.74) is 0. The van der Waals surface area contributed by atoms with Crippen LogP contribution in [0.4, 0.5) is 0 Å². The molecule has 0 aromatic rings. The van der Waals surface area contributed by atoms with Crippen LogP contribution in [0.5, 0.6) is 0 Å². The Morgan fingerprint density at radius 3 is 2.78 bits per heavy atom. The van der Waals surface area contributed by atoms with Crippen LogP contribution in [0.3, 0.4) is 0 Å². The minimum atomic E-state index is -1.37. The van der Waals surface area contributed by atoms with Gasteiger partial charge in [-0.25, -0.2) is 0 Å². The van der Waals surface area contributed by atoms with Crippen LogP contribution in [0.25, 0.3) is 0 Å². The lowest BCUT2D eigenvalue weighted by Crippen LogP contribution is -2.39. The van der Waals surface area contributed by atoms with Gasteiger partial charge in [-0.15, -0.1) is 0 Å². The number of nitrogens with one attached hydrogen (secondary N) is 2. The molecule has 0 radical (unpaired) electrons. The summed E-state index contributed by atoms with van der Waals surface area (Å²) >= 11 is 0. The third-order valence-corrected chi connectivity index (χ3v) is 1.45.